The standard InChI is InChI=1S/C37H45F2N7O5/c1-36(2,3)51-35(49)45-17-15-44(16-18-45)14-8-13-43(4)27-11-12-30-29(19-27)33(31(22-41-30)50-24-26-9-6-5-7-10-26)34(48)42-23-32(47)46-25-37(38,39)20-28(46)21-40/h5-7,9-12,19,22,28H,8,13-18,20,23-25H2,1-4H3,(H,42,48)/t28-/m0/s1. The lowest BCUT2D eigenvalue weighted by Gasteiger charge is -2.35. The van der Waals surface area contributed by atoms with Gasteiger partial charge in [0.1, 0.15) is 18.2 Å². The molecule has 2 aliphatic heterocycles. The molecule has 1 aromatic heterocycles. The highest BCUT2D eigenvalue weighted by Gasteiger charge is 2.47. The number of hydrogen-bond donors (Lipinski definition) is 1. The number of nitrogens with one attached hydrogen (secondary N) is 1. The van der Waals surface area contributed by atoms with Crippen LogP contribution in [0.3, 0.4) is 0 Å². The van der Waals surface area contributed by atoms with Gasteiger partial charge in [0.05, 0.1) is 36.4 Å². The van der Waals surface area contributed by atoms with E-state index in [1.54, 1.807) is 11.0 Å². The fourth-order valence-corrected chi connectivity index (χ4v) is 6.16. The van der Waals surface area contributed by atoms with Crippen LogP contribution in [0.4, 0.5) is 19.3 Å². The third-order valence-corrected chi connectivity index (χ3v) is 8.85. The van der Waals surface area contributed by atoms with Crippen LogP contribution < -0.4 is 15.0 Å². The van der Waals surface area contributed by atoms with Crippen molar-refractivity contribution in [1.29, 1.82) is 5.26 Å². The van der Waals surface area contributed by atoms with Gasteiger partial charge in [-0.25, -0.2) is 13.6 Å². The Hall–Kier alpha value is -5.03. The van der Waals surface area contributed by atoms with Crippen LogP contribution in [0.25, 0.3) is 10.9 Å². The fourth-order valence-electron chi connectivity index (χ4n) is 6.16. The lowest BCUT2D eigenvalue weighted by molar-refractivity contribution is -0.131. The van der Waals surface area contributed by atoms with Crippen LogP contribution in [-0.2, 0) is 16.1 Å². The average Bonchev–Trinajstić information content (AvgIpc) is 3.43. The number of benzene rings is 2. The van der Waals surface area contributed by atoms with Gasteiger partial charge in [0.25, 0.3) is 11.8 Å². The number of rotatable bonds is 11. The summed E-state index contributed by atoms with van der Waals surface area (Å²) in [6, 6.07) is 15.5. The number of hydrogen-bond acceptors (Lipinski definition) is 9. The van der Waals surface area contributed by atoms with Crippen molar-refractivity contribution in [1.82, 2.24) is 25.0 Å². The molecule has 2 aromatic carbocycles. The van der Waals surface area contributed by atoms with Crippen molar-refractivity contribution in [2.45, 2.75) is 57.8 Å². The molecule has 1 atom stereocenters. The number of carbonyl (C=O) groups excluding carboxylic acids is 3. The summed E-state index contributed by atoms with van der Waals surface area (Å²) in [5.41, 5.74) is 1.86. The number of fused-ring (bicyclic) bond motifs is 1. The molecule has 1 N–H and O–H groups in total. The molecule has 2 saturated heterocycles. The Labute approximate surface area is 296 Å². The predicted octanol–water partition coefficient (Wildman–Crippen LogP) is 4.68. The van der Waals surface area contributed by atoms with Gasteiger partial charge in [0, 0.05) is 57.3 Å². The first-order chi connectivity index (χ1) is 24.2. The van der Waals surface area contributed by atoms with Gasteiger partial charge in [0.2, 0.25) is 5.91 Å². The number of nitrogens with zero attached hydrogens (tertiary/aromatic N) is 6. The number of ether oxygens (including phenoxy) is 2. The monoisotopic (exact) mass is 705 g/mol. The van der Waals surface area contributed by atoms with E-state index in [0.29, 0.717) is 30.5 Å². The van der Waals surface area contributed by atoms with Crippen molar-refractivity contribution in [2.75, 3.05) is 64.3 Å². The SMILES string of the molecule is CN(CCCN1CCN(C(=O)OC(C)(C)C)CC1)c1ccc2ncc(OCc3ccccc3)c(C(=O)NCC(=O)N3CC(F)(F)C[C@H]3C#N)c2c1. The van der Waals surface area contributed by atoms with Crippen molar-refractivity contribution in [2.24, 2.45) is 0 Å². The smallest absolute Gasteiger partial charge is 0.410 e. The van der Waals surface area contributed by atoms with Crippen molar-refractivity contribution >= 4 is 34.5 Å². The number of amides is 3. The molecule has 12 nitrogen and oxygen atoms in total. The number of carbonyl (C=O) groups is 3. The Morgan fingerprint density at radius 2 is 1.82 bits per heavy atom. The minimum Gasteiger partial charge on any atom is -0.486 e. The van der Waals surface area contributed by atoms with E-state index in [9.17, 15) is 28.4 Å². The van der Waals surface area contributed by atoms with Gasteiger partial charge < -0.3 is 29.5 Å². The predicted molar refractivity (Wildman–Crippen MR) is 188 cm³/mol. The van der Waals surface area contributed by atoms with Crippen molar-refractivity contribution < 1.29 is 32.6 Å². The number of likely N-dealkylation sites (tertiary alicyclic amines) is 1. The normalized spacial score (nSPS) is 17.5. The highest BCUT2D eigenvalue weighted by atomic mass is 19.3. The van der Waals surface area contributed by atoms with E-state index in [0.717, 1.165) is 42.2 Å². The number of halogens is 2. The lowest BCUT2D eigenvalue weighted by atomic mass is 10.1. The highest BCUT2D eigenvalue weighted by molar-refractivity contribution is 6.09. The maximum absolute atomic E-state index is 14.0. The molecule has 14 heteroatoms. The summed E-state index contributed by atoms with van der Waals surface area (Å²) in [6.45, 7) is 8.58. The Kier molecular flexibility index (Phi) is 11.6. The largest absolute Gasteiger partial charge is 0.486 e. The summed E-state index contributed by atoms with van der Waals surface area (Å²) in [4.78, 5) is 50.6. The van der Waals surface area contributed by atoms with E-state index in [4.69, 9.17) is 9.47 Å². The summed E-state index contributed by atoms with van der Waals surface area (Å²) in [7, 11) is 1.96. The number of pyridine rings is 1. The van der Waals surface area contributed by atoms with Crippen molar-refractivity contribution in [3.8, 4) is 11.8 Å². The molecule has 3 amide bonds. The first kappa shape index (κ1) is 37.2. The maximum atomic E-state index is 14.0. The molecular weight excluding hydrogens is 660 g/mol. The Balaban J connectivity index is 1.27. The molecule has 0 radical (unpaired) electrons. The Morgan fingerprint density at radius 3 is 2.51 bits per heavy atom. The van der Waals surface area contributed by atoms with Crippen molar-refractivity contribution in [3.05, 3.63) is 65.9 Å². The molecule has 5 rings (SSSR count). The molecule has 272 valence electrons. The molecular formula is C37H45F2N7O5. The van der Waals surface area contributed by atoms with E-state index in [1.807, 2.05) is 76.3 Å². The number of nitriles is 1. The molecule has 0 bridgehead atoms. The molecule has 0 saturated carbocycles. The van der Waals surface area contributed by atoms with Crippen molar-refractivity contribution in [3.63, 3.8) is 0 Å². The topological polar surface area (TPSA) is 131 Å². The second kappa shape index (κ2) is 15.9. The summed E-state index contributed by atoms with van der Waals surface area (Å²) in [5, 5.41) is 12.4. The minimum absolute atomic E-state index is 0.158. The molecule has 2 fully saturated rings. The van der Waals surface area contributed by atoms with Crippen LogP contribution in [0.5, 0.6) is 5.75 Å². The van der Waals surface area contributed by atoms with Crippen LogP contribution in [0.15, 0.2) is 54.7 Å². The Bertz CT molecular complexity index is 1750. The maximum Gasteiger partial charge on any atom is 0.410 e. The van der Waals surface area contributed by atoms with Gasteiger partial charge in [-0.2, -0.15) is 5.26 Å². The molecule has 2 aliphatic rings. The number of alkyl halides is 2. The first-order valence-corrected chi connectivity index (χ1v) is 17.1. The second-order valence-electron chi connectivity index (χ2n) is 14.0. The fraction of sp³-hybridized carbons (Fsp3) is 0.486. The highest BCUT2D eigenvalue weighted by Crippen LogP contribution is 2.32. The van der Waals surface area contributed by atoms with Gasteiger partial charge in [-0.15, -0.1) is 0 Å². The van der Waals surface area contributed by atoms with Gasteiger partial charge in [-0.1, -0.05) is 30.3 Å². The molecule has 3 aromatic rings. The van der Waals surface area contributed by atoms with Gasteiger partial charge in [-0.3, -0.25) is 19.5 Å². The summed E-state index contributed by atoms with van der Waals surface area (Å²) in [5.74, 6) is -4.38. The molecule has 3 heterocycles. The van der Waals surface area contributed by atoms with Crippen LogP contribution in [0.1, 0.15) is 49.5 Å². The van der Waals surface area contributed by atoms with Gasteiger partial charge in [-0.05, 0) is 57.5 Å². The second-order valence-corrected chi connectivity index (χ2v) is 14.0. The zero-order valence-electron chi connectivity index (χ0n) is 29.5. The Morgan fingerprint density at radius 1 is 1.10 bits per heavy atom. The summed E-state index contributed by atoms with van der Waals surface area (Å²) in [6.07, 6.45) is 1.29. The van der Waals surface area contributed by atoms with Crippen LogP contribution in [0, 0.1) is 11.3 Å². The summed E-state index contributed by atoms with van der Waals surface area (Å²) >= 11 is 0. The molecule has 0 aliphatic carbocycles. The third kappa shape index (κ3) is 9.82. The third-order valence-electron chi connectivity index (χ3n) is 8.85. The first-order valence-electron chi connectivity index (χ1n) is 17.1. The average molecular weight is 706 g/mol. The lowest BCUT2D eigenvalue weighted by Crippen LogP contribution is -2.50. The van der Waals surface area contributed by atoms with Crippen LogP contribution in [0.2, 0.25) is 0 Å². The van der Waals surface area contributed by atoms with Crippen LogP contribution in [-0.4, -0.2) is 115 Å². The number of piperazine rings is 1. The summed E-state index contributed by atoms with van der Waals surface area (Å²) < 4.78 is 39.6. The van der Waals surface area contributed by atoms with E-state index in [-0.39, 0.29) is 24.0 Å². The molecule has 0 spiro atoms. The number of aromatic nitrogens is 1. The van der Waals surface area contributed by atoms with E-state index in [2.05, 4.69) is 20.1 Å². The number of anilines is 1. The molecule has 51 heavy (non-hydrogen) atoms. The van der Waals surface area contributed by atoms with E-state index >= 15 is 0 Å². The van der Waals surface area contributed by atoms with E-state index < -0.39 is 48.9 Å². The minimum atomic E-state index is -3.17. The van der Waals surface area contributed by atoms with Gasteiger partial charge >= 0.3 is 6.09 Å². The zero-order valence-corrected chi connectivity index (χ0v) is 29.5. The molecule has 0 unspecified atom stereocenters. The van der Waals surface area contributed by atoms with Crippen LogP contribution >= 0.6 is 0 Å². The van der Waals surface area contributed by atoms with E-state index in [1.165, 1.54) is 6.20 Å². The quantitative estimate of drug-likeness (QED) is 0.302. The zero-order chi connectivity index (χ0) is 36.8. The van der Waals surface area contributed by atoms with Gasteiger partial charge in [0.15, 0.2) is 5.75 Å².